The summed E-state index contributed by atoms with van der Waals surface area (Å²) in [6.45, 7) is 8.52. The van der Waals surface area contributed by atoms with E-state index in [0.717, 1.165) is 84.6 Å². The lowest BCUT2D eigenvalue weighted by atomic mass is 10.0. The fourth-order valence-electron chi connectivity index (χ4n) is 9.92. The van der Waals surface area contributed by atoms with Gasteiger partial charge in [0.15, 0.2) is 0 Å². The van der Waals surface area contributed by atoms with E-state index in [9.17, 15) is 0 Å². The third-order valence-electron chi connectivity index (χ3n) is 14.1. The number of hydrogen-bond donors (Lipinski definition) is 1. The summed E-state index contributed by atoms with van der Waals surface area (Å²) in [6, 6.07) is 84.6. The van der Waals surface area contributed by atoms with Crippen LogP contribution < -0.4 is 20.0 Å². The fraction of sp³-hybridized carbons (Fsp3) is 0.189. The molecule has 0 spiro atoms. The zero-order chi connectivity index (χ0) is 58.3. The van der Waals surface area contributed by atoms with Crippen molar-refractivity contribution in [1.29, 1.82) is 0 Å². The lowest BCUT2D eigenvalue weighted by Crippen LogP contribution is -2.13. The molecule has 10 rings (SSSR count). The lowest BCUT2D eigenvalue weighted by molar-refractivity contribution is 0.667. The van der Waals surface area contributed by atoms with Gasteiger partial charge in [-0.3, -0.25) is 0 Å². The van der Waals surface area contributed by atoms with Crippen LogP contribution in [0.1, 0.15) is 87.5 Å². The number of benzene rings is 10. The van der Waals surface area contributed by atoms with Gasteiger partial charge in [-0.15, -0.1) is 0 Å². The van der Waals surface area contributed by atoms with E-state index < -0.39 is 0 Å². The van der Waals surface area contributed by atoms with Gasteiger partial charge in [0.2, 0.25) is 0 Å². The van der Waals surface area contributed by atoms with E-state index in [2.05, 4.69) is 262 Å². The molecule has 0 radical (unpaired) electrons. The first-order chi connectivity index (χ1) is 40.5. The Balaban J connectivity index is 0.000000189. The second-order valence-electron chi connectivity index (χ2n) is 20.7. The molecule has 0 fully saturated rings. The van der Waals surface area contributed by atoms with Gasteiger partial charge >= 0.3 is 0 Å². The molecule has 0 aliphatic heterocycles. The highest BCUT2D eigenvalue weighted by atomic mass is 79.9. The molecule has 0 heterocycles. The Kier molecular flexibility index (Phi) is 24.1. The molecule has 1 N–H and O–H groups in total. The van der Waals surface area contributed by atoms with E-state index >= 15 is 0 Å². The van der Waals surface area contributed by atoms with Gasteiger partial charge in [-0.25, -0.2) is 0 Å². The van der Waals surface area contributed by atoms with Crippen LogP contribution in [0, 0.1) is 13.8 Å². The highest BCUT2D eigenvalue weighted by Gasteiger charge is 2.21. The van der Waals surface area contributed by atoms with Crippen LogP contribution in [0.15, 0.2) is 247 Å². The standard InChI is InChI=1S/C37H36Cl2N2.C30H32N2.C7H5BrCl2/c1-3-4-5-8-14-29-21-23-32(24-22-29)41(36-26-28(2)25-35(38)37(36)39)34-20-13-19-33(27-34)40(30-15-9-6-10-16-30)31-17-11-7-12-18-31;1-2-3-4-7-13-25-20-22-26(23-21-25)31-27-14-12-19-30(24-27)32(28-15-8-5-9-16-28)29-17-10-6-11-18-29;1-4-2-5(8)7(10)6(9)3-4/h6-7,9-13,15-27H,3-5,8,14H2,1-2H3;5-6,8-12,14-24,31H,2-4,7,13H2,1H3;2-3H,1H3. The van der Waals surface area contributed by atoms with Crippen LogP contribution in [0.4, 0.5) is 62.6 Å². The highest BCUT2D eigenvalue weighted by molar-refractivity contribution is 9.10. The molecule has 424 valence electrons. The Hall–Kier alpha value is -6.96. The summed E-state index contributed by atoms with van der Waals surface area (Å²) in [4.78, 5) is 6.76. The molecule has 0 aromatic heterocycles. The molecule has 10 aromatic carbocycles. The molecule has 0 unspecified atom stereocenters. The first-order valence-electron chi connectivity index (χ1n) is 28.8. The van der Waals surface area contributed by atoms with Crippen LogP contribution in [0.25, 0.3) is 0 Å². The number of halogens is 5. The predicted octanol–water partition coefficient (Wildman–Crippen LogP) is 25.5. The maximum absolute atomic E-state index is 6.90. The molecule has 0 saturated heterocycles. The van der Waals surface area contributed by atoms with Gasteiger partial charge < -0.3 is 20.0 Å². The Morgan fingerprint density at radius 3 is 1.18 bits per heavy atom. The number of unbranched alkanes of at least 4 members (excludes halogenated alkanes) is 6. The predicted molar refractivity (Wildman–Crippen MR) is 366 cm³/mol. The zero-order valence-electron chi connectivity index (χ0n) is 47.9. The number of nitrogens with zero attached hydrogens (tertiary/aromatic N) is 3. The normalized spacial score (nSPS) is 10.7. The molecule has 0 saturated carbocycles. The summed E-state index contributed by atoms with van der Waals surface area (Å²) in [5, 5.41) is 5.83. The van der Waals surface area contributed by atoms with Crippen LogP contribution in [-0.4, -0.2) is 0 Å². The minimum Gasteiger partial charge on any atom is -0.355 e. The summed E-state index contributed by atoms with van der Waals surface area (Å²) >= 11 is 28.3. The van der Waals surface area contributed by atoms with E-state index in [4.69, 9.17) is 46.4 Å². The summed E-state index contributed by atoms with van der Waals surface area (Å²) in [7, 11) is 0. The molecule has 0 atom stereocenters. The topological polar surface area (TPSA) is 21.8 Å². The zero-order valence-corrected chi connectivity index (χ0v) is 52.5. The Labute approximate surface area is 522 Å². The van der Waals surface area contributed by atoms with Gasteiger partial charge in [0.05, 0.1) is 25.8 Å². The average Bonchev–Trinajstić information content (AvgIpc) is 3.51. The number of nitrogens with one attached hydrogen (secondary N) is 1. The summed E-state index contributed by atoms with van der Waals surface area (Å²) < 4.78 is 0.846. The number of aryl methyl sites for hydroxylation is 4. The molecule has 4 nitrogen and oxygen atoms in total. The highest BCUT2D eigenvalue weighted by Crippen LogP contribution is 2.45. The first kappa shape index (κ1) is 62.1. The molecule has 0 bridgehead atoms. The van der Waals surface area contributed by atoms with Crippen LogP contribution in [0.5, 0.6) is 0 Å². The van der Waals surface area contributed by atoms with Crippen molar-refractivity contribution in [3.05, 3.63) is 289 Å². The maximum Gasteiger partial charge on any atom is 0.0832 e. The van der Waals surface area contributed by atoms with Crippen molar-refractivity contribution in [1.82, 2.24) is 0 Å². The fourth-order valence-corrected chi connectivity index (χ4v) is 11.5. The number of anilines is 11. The molecule has 0 amide bonds. The Morgan fingerprint density at radius 2 is 0.723 bits per heavy atom. The van der Waals surface area contributed by atoms with Crippen LogP contribution in [-0.2, 0) is 12.8 Å². The van der Waals surface area contributed by atoms with Crippen molar-refractivity contribution in [2.45, 2.75) is 91.9 Å². The average molecular weight is 1240 g/mol. The largest absolute Gasteiger partial charge is 0.355 e. The van der Waals surface area contributed by atoms with E-state index in [-0.39, 0.29) is 0 Å². The SMILES string of the molecule is CCCCCCc1ccc(N(c2cccc(N(c3ccccc3)c3ccccc3)c2)c2cc(C)cc(Cl)c2Cl)cc1.CCCCCCc1ccc(Nc2cccc(N(c3ccccc3)c3ccccc3)c2)cc1.Cc1cc(Cl)c(Cl)c(Br)c1. The maximum atomic E-state index is 6.90. The smallest absolute Gasteiger partial charge is 0.0832 e. The van der Waals surface area contributed by atoms with Gasteiger partial charge in [0, 0.05) is 61.3 Å². The number of rotatable bonds is 21. The Bertz CT molecular complexity index is 3450. The van der Waals surface area contributed by atoms with Crippen molar-refractivity contribution in [2.75, 3.05) is 20.0 Å². The third-order valence-corrected chi connectivity index (χ3v) is 16.6. The second-order valence-corrected chi connectivity index (χ2v) is 23.1. The van der Waals surface area contributed by atoms with Crippen molar-refractivity contribution in [3.8, 4) is 0 Å². The second kappa shape index (κ2) is 32.2. The van der Waals surface area contributed by atoms with Gasteiger partial charge in [0.1, 0.15) is 0 Å². The van der Waals surface area contributed by atoms with Gasteiger partial charge in [-0.2, -0.15) is 0 Å². The molecular formula is C74H73BrCl4N4. The van der Waals surface area contributed by atoms with Crippen LogP contribution >= 0.6 is 62.3 Å². The molecular weight excluding hydrogens is 1170 g/mol. The van der Waals surface area contributed by atoms with Crippen molar-refractivity contribution < 1.29 is 0 Å². The van der Waals surface area contributed by atoms with E-state index in [1.165, 1.54) is 68.9 Å². The Morgan fingerprint density at radius 1 is 0.337 bits per heavy atom. The van der Waals surface area contributed by atoms with Crippen molar-refractivity contribution >= 4 is 125 Å². The molecule has 10 aromatic rings. The molecule has 9 heteroatoms. The monoisotopic (exact) mass is 1240 g/mol. The van der Waals surface area contributed by atoms with Gasteiger partial charge in [-0.1, -0.05) is 208 Å². The van der Waals surface area contributed by atoms with Crippen LogP contribution in [0.3, 0.4) is 0 Å². The van der Waals surface area contributed by atoms with Gasteiger partial charge in [0.25, 0.3) is 0 Å². The van der Waals surface area contributed by atoms with Crippen molar-refractivity contribution in [3.63, 3.8) is 0 Å². The van der Waals surface area contributed by atoms with Crippen molar-refractivity contribution in [2.24, 2.45) is 0 Å². The summed E-state index contributed by atoms with van der Waals surface area (Å²) in [5.41, 5.74) is 16.6. The summed E-state index contributed by atoms with van der Waals surface area (Å²) in [6.07, 6.45) is 12.5. The molecule has 0 aliphatic carbocycles. The van der Waals surface area contributed by atoms with E-state index in [1.807, 2.05) is 44.2 Å². The van der Waals surface area contributed by atoms with E-state index in [0.29, 0.717) is 20.1 Å². The van der Waals surface area contributed by atoms with Gasteiger partial charge in [-0.05, 0) is 211 Å². The summed E-state index contributed by atoms with van der Waals surface area (Å²) in [5.74, 6) is 0. The minimum atomic E-state index is 0.536. The lowest BCUT2D eigenvalue weighted by Gasteiger charge is -2.30. The first-order valence-corrected chi connectivity index (χ1v) is 31.1. The number of para-hydroxylation sites is 4. The molecule has 83 heavy (non-hydrogen) atoms. The molecule has 0 aliphatic rings. The third kappa shape index (κ3) is 18.0. The van der Waals surface area contributed by atoms with Crippen LogP contribution in [0.2, 0.25) is 20.1 Å². The number of hydrogen-bond acceptors (Lipinski definition) is 4. The minimum absolute atomic E-state index is 0.536. The quantitative estimate of drug-likeness (QED) is 0.0572. The van der Waals surface area contributed by atoms with E-state index in [1.54, 1.807) is 0 Å².